The van der Waals surface area contributed by atoms with Crippen molar-refractivity contribution in [2.45, 2.75) is 13.5 Å². The van der Waals surface area contributed by atoms with E-state index in [0.717, 1.165) is 59.7 Å². The molecular weight excluding hydrogens is 357 g/mol. The van der Waals surface area contributed by atoms with E-state index in [1.54, 1.807) is 12.1 Å². The van der Waals surface area contributed by atoms with E-state index in [1.807, 2.05) is 31.2 Å². The highest BCUT2D eigenvalue weighted by molar-refractivity contribution is 7.80. The predicted octanol–water partition coefficient (Wildman–Crippen LogP) is 4.30. The minimum atomic E-state index is -0.182. The number of nitrogens with one attached hydrogen (secondary N) is 1. The molecule has 3 nitrogen and oxygen atoms in total. The predicted molar refractivity (Wildman–Crippen MR) is 106 cm³/mol. The molecule has 0 amide bonds. The summed E-state index contributed by atoms with van der Waals surface area (Å²) in [6.07, 6.45) is 0. The van der Waals surface area contributed by atoms with Crippen LogP contribution >= 0.6 is 23.8 Å². The summed E-state index contributed by atoms with van der Waals surface area (Å²) in [6.45, 7) is 6.23. The van der Waals surface area contributed by atoms with Crippen LogP contribution in [0, 0.1) is 12.7 Å². The summed E-state index contributed by atoms with van der Waals surface area (Å²) in [5, 5.41) is 4.75. The molecule has 0 atom stereocenters. The second-order valence-electron chi connectivity index (χ2n) is 6.24. The molecule has 0 aliphatic carbocycles. The zero-order valence-electron chi connectivity index (χ0n) is 14.1. The molecule has 25 heavy (non-hydrogen) atoms. The second-order valence-corrected chi connectivity index (χ2v) is 7.03. The van der Waals surface area contributed by atoms with Gasteiger partial charge in [0.1, 0.15) is 5.82 Å². The highest BCUT2D eigenvalue weighted by Gasteiger charge is 2.19. The van der Waals surface area contributed by atoms with Crippen molar-refractivity contribution in [3.8, 4) is 0 Å². The molecule has 0 radical (unpaired) electrons. The van der Waals surface area contributed by atoms with Gasteiger partial charge in [-0.15, -0.1) is 0 Å². The van der Waals surface area contributed by atoms with Gasteiger partial charge in [-0.05, 0) is 54.5 Å². The summed E-state index contributed by atoms with van der Waals surface area (Å²) in [4.78, 5) is 4.48. The Labute approximate surface area is 158 Å². The average molecular weight is 378 g/mol. The zero-order chi connectivity index (χ0) is 17.8. The molecule has 0 unspecified atom stereocenters. The Kier molecular flexibility index (Phi) is 5.89. The quantitative estimate of drug-likeness (QED) is 0.803. The zero-order valence-corrected chi connectivity index (χ0v) is 15.7. The van der Waals surface area contributed by atoms with Crippen molar-refractivity contribution in [3.05, 3.63) is 64.4 Å². The maximum atomic E-state index is 13.3. The number of benzene rings is 2. The van der Waals surface area contributed by atoms with Gasteiger partial charge in [0, 0.05) is 43.4 Å². The summed E-state index contributed by atoms with van der Waals surface area (Å²) >= 11 is 11.7. The third-order valence-electron chi connectivity index (χ3n) is 4.46. The Balaban J connectivity index is 1.53. The lowest BCUT2D eigenvalue weighted by molar-refractivity contribution is 0.177. The van der Waals surface area contributed by atoms with Crippen molar-refractivity contribution >= 4 is 34.6 Å². The van der Waals surface area contributed by atoms with Crippen LogP contribution in [0.4, 0.5) is 10.1 Å². The third-order valence-corrected chi connectivity index (χ3v) is 5.23. The lowest BCUT2D eigenvalue weighted by Crippen LogP contribution is -2.49. The van der Waals surface area contributed by atoms with Gasteiger partial charge in [-0.1, -0.05) is 29.8 Å². The molecule has 0 aromatic heterocycles. The lowest BCUT2D eigenvalue weighted by atomic mass is 10.2. The van der Waals surface area contributed by atoms with Crippen LogP contribution in [0.1, 0.15) is 11.1 Å². The first kappa shape index (κ1) is 18.1. The standard InChI is InChI=1S/C19H21ClFN3S/c1-14-17(20)6-3-7-18(14)22-19(25)24-10-8-23(9-11-24)13-15-4-2-5-16(21)12-15/h2-7,12H,8-11,13H2,1H3,(H,22,25). The molecule has 1 saturated heterocycles. The van der Waals surface area contributed by atoms with Crippen molar-refractivity contribution in [2.75, 3.05) is 31.5 Å². The fourth-order valence-electron chi connectivity index (χ4n) is 2.94. The molecule has 2 aromatic carbocycles. The van der Waals surface area contributed by atoms with Crippen LogP contribution in [-0.4, -0.2) is 41.1 Å². The topological polar surface area (TPSA) is 18.5 Å². The first-order valence-corrected chi connectivity index (χ1v) is 9.09. The Morgan fingerprint density at radius 3 is 2.60 bits per heavy atom. The normalized spacial score (nSPS) is 15.2. The molecule has 3 rings (SSSR count). The van der Waals surface area contributed by atoms with Gasteiger partial charge >= 0.3 is 0 Å². The van der Waals surface area contributed by atoms with E-state index in [1.165, 1.54) is 6.07 Å². The van der Waals surface area contributed by atoms with Gasteiger partial charge in [0.25, 0.3) is 0 Å². The number of piperazine rings is 1. The van der Waals surface area contributed by atoms with Crippen molar-refractivity contribution in [1.82, 2.24) is 9.80 Å². The maximum absolute atomic E-state index is 13.3. The fourth-order valence-corrected chi connectivity index (χ4v) is 3.41. The van der Waals surface area contributed by atoms with Crippen molar-refractivity contribution in [2.24, 2.45) is 0 Å². The maximum Gasteiger partial charge on any atom is 0.173 e. The van der Waals surface area contributed by atoms with Gasteiger partial charge in [-0.2, -0.15) is 0 Å². The van der Waals surface area contributed by atoms with E-state index in [9.17, 15) is 4.39 Å². The van der Waals surface area contributed by atoms with Crippen LogP contribution in [-0.2, 0) is 6.54 Å². The highest BCUT2D eigenvalue weighted by atomic mass is 35.5. The van der Waals surface area contributed by atoms with E-state index >= 15 is 0 Å². The Morgan fingerprint density at radius 1 is 1.16 bits per heavy atom. The van der Waals surface area contributed by atoms with E-state index in [-0.39, 0.29) is 5.82 Å². The molecule has 1 heterocycles. The minimum Gasteiger partial charge on any atom is -0.346 e. The van der Waals surface area contributed by atoms with Crippen molar-refractivity contribution in [1.29, 1.82) is 0 Å². The average Bonchev–Trinajstić information content (AvgIpc) is 2.59. The molecule has 1 aliphatic rings. The molecule has 132 valence electrons. The molecule has 2 aromatic rings. The van der Waals surface area contributed by atoms with Crippen molar-refractivity contribution < 1.29 is 4.39 Å². The molecule has 1 N–H and O–H groups in total. The molecule has 1 aliphatic heterocycles. The number of halogens is 2. The molecule has 0 saturated carbocycles. The van der Waals surface area contributed by atoms with Gasteiger partial charge in [0.2, 0.25) is 0 Å². The summed E-state index contributed by atoms with van der Waals surface area (Å²) < 4.78 is 13.3. The van der Waals surface area contributed by atoms with Crippen LogP contribution < -0.4 is 5.32 Å². The Bertz CT molecular complexity index is 760. The lowest BCUT2D eigenvalue weighted by Gasteiger charge is -2.36. The molecular formula is C19H21ClFN3S. The number of hydrogen-bond acceptors (Lipinski definition) is 2. The van der Waals surface area contributed by atoms with E-state index < -0.39 is 0 Å². The van der Waals surface area contributed by atoms with Gasteiger partial charge < -0.3 is 10.2 Å². The molecule has 6 heteroatoms. The van der Waals surface area contributed by atoms with E-state index in [0.29, 0.717) is 0 Å². The monoisotopic (exact) mass is 377 g/mol. The van der Waals surface area contributed by atoms with Crippen molar-refractivity contribution in [3.63, 3.8) is 0 Å². The second kappa shape index (κ2) is 8.13. The largest absolute Gasteiger partial charge is 0.346 e. The smallest absolute Gasteiger partial charge is 0.173 e. The minimum absolute atomic E-state index is 0.182. The fraction of sp³-hybridized carbons (Fsp3) is 0.316. The number of anilines is 1. The third kappa shape index (κ3) is 4.69. The summed E-state index contributed by atoms with van der Waals surface area (Å²) in [7, 11) is 0. The van der Waals surface area contributed by atoms with E-state index in [4.69, 9.17) is 23.8 Å². The van der Waals surface area contributed by atoms with Crippen LogP contribution in [0.2, 0.25) is 5.02 Å². The van der Waals surface area contributed by atoms with Gasteiger partial charge in [0.15, 0.2) is 5.11 Å². The van der Waals surface area contributed by atoms with E-state index in [2.05, 4.69) is 15.1 Å². The van der Waals surface area contributed by atoms with Gasteiger partial charge in [0.05, 0.1) is 0 Å². The van der Waals surface area contributed by atoms with Crippen LogP contribution in [0.25, 0.3) is 0 Å². The first-order valence-electron chi connectivity index (χ1n) is 8.31. The number of hydrogen-bond donors (Lipinski definition) is 1. The van der Waals surface area contributed by atoms with Gasteiger partial charge in [-0.25, -0.2) is 4.39 Å². The molecule has 0 bridgehead atoms. The molecule has 0 spiro atoms. The first-order chi connectivity index (χ1) is 12.0. The highest BCUT2D eigenvalue weighted by Crippen LogP contribution is 2.23. The number of thiocarbonyl (C=S) groups is 1. The Morgan fingerprint density at radius 2 is 1.88 bits per heavy atom. The summed E-state index contributed by atoms with van der Waals surface area (Å²) in [6, 6.07) is 12.6. The van der Waals surface area contributed by atoms with Crippen LogP contribution in [0.5, 0.6) is 0 Å². The SMILES string of the molecule is Cc1c(Cl)cccc1NC(=S)N1CCN(Cc2cccc(F)c2)CC1. The summed E-state index contributed by atoms with van der Waals surface area (Å²) in [5.41, 5.74) is 2.94. The number of nitrogens with zero attached hydrogens (tertiary/aromatic N) is 2. The van der Waals surface area contributed by atoms with Crippen LogP contribution in [0.15, 0.2) is 42.5 Å². The van der Waals surface area contributed by atoms with Gasteiger partial charge in [-0.3, -0.25) is 4.90 Å². The molecule has 1 fully saturated rings. The summed E-state index contributed by atoms with van der Waals surface area (Å²) in [5.74, 6) is -0.182. The number of rotatable bonds is 3. The Hall–Kier alpha value is -1.69. The van der Waals surface area contributed by atoms with Crippen LogP contribution in [0.3, 0.4) is 0 Å².